The van der Waals surface area contributed by atoms with Crippen LogP contribution in [0.2, 0.25) is 0 Å². The number of allylic oxidation sites excluding steroid dienone is 3. The van der Waals surface area contributed by atoms with E-state index in [-0.39, 0.29) is 0 Å². The quantitative estimate of drug-likeness (QED) is 0.498. The molecule has 0 spiro atoms. The van der Waals surface area contributed by atoms with Gasteiger partial charge >= 0.3 is 0 Å². The molecule has 0 N–H and O–H groups in total. The van der Waals surface area contributed by atoms with E-state index in [1.807, 2.05) is 13.8 Å². The van der Waals surface area contributed by atoms with Gasteiger partial charge < -0.3 is 0 Å². The van der Waals surface area contributed by atoms with Gasteiger partial charge in [-0.3, -0.25) is 0 Å². The van der Waals surface area contributed by atoms with Gasteiger partial charge in [-0.2, -0.15) is 0 Å². The van der Waals surface area contributed by atoms with Crippen LogP contribution >= 0.6 is 0 Å². The molecule has 0 heteroatoms. The van der Waals surface area contributed by atoms with Crippen molar-refractivity contribution in [3.8, 4) is 0 Å². The third-order valence-electron chi connectivity index (χ3n) is 6.09. The summed E-state index contributed by atoms with van der Waals surface area (Å²) in [6, 6.07) is 7.05. The van der Waals surface area contributed by atoms with Crippen LogP contribution < -0.4 is 0 Å². The standard InChI is InChI=1S/C24H28.C2H6/c1-13-9-21(10-14(2)16(13)4)23-12-22-11-15(3)17(5)19(7)24(22)20(8)18(23)6;1-2/h9-11H,8,12H2,1-7H3;1-2H3. The normalized spacial score (nSPS) is 13.3. The van der Waals surface area contributed by atoms with Crippen molar-refractivity contribution in [2.45, 2.75) is 68.7 Å². The molecule has 0 aromatic heterocycles. The van der Waals surface area contributed by atoms with Crippen molar-refractivity contribution in [1.29, 1.82) is 0 Å². The van der Waals surface area contributed by atoms with Gasteiger partial charge in [-0.25, -0.2) is 0 Å². The zero-order chi connectivity index (χ0) is 19.8. The Balaban J connectivity index is 0.00000117. The second-order valence-electron chi connectivity index (χ2n) is 7.47. The molecule has 1 aliphatic carbocycles. The van der Waals surface area contributed by atoms with Crippen LogP contribution in [0, 0.1) is 41.5 Å². The third kappa shape index (κ3) is 3.30. The molecule has 0 fully saturated rings. The predicted molar refractivity (Wildman–Crippen MR) is 118 cm³/mol. The maximum absolute atomic E-state index is 4.45. The Morgan fingerprint density at radius 3 is 1.73 bits per heavy atom. The molecule has 0 saturated carbocycles. The highest BCUT2D eigenvalue weighted by molar-refractivity contribution is 5.94. The Morgan fingerprint density at radius 2 is 1.19 bits per heavy atom. The number of fused-ring (bicyclic) bond motifs is 1. The highest BCUT2D eigenvalue weighted by Gasteiger charge is 2.23. The summed E-state index contributed by atoms with van der Waals surface area (Å²) in [6.45, 7) is 24.0. The third-order valence-corrected chi connectivity index (χ3v) is 6.09. The Hall–Kier alpha value is -2.08. The monoisotopic (exact) mass is 346 g/mol. The zero-order valence-corrected chi connectivity index (χ0v) is 18.1. The van der Waals surface area contributed by atoms with Crippen LogP contribution in [0.15, 0.2) is 30.4 Å². The van der Waals surface area contributed by atoms with Crippen LogP contribution in [0.3, 0.4) is 0 Å². The van der Waals surface area contributed by atoms with E-state index in [0.717, 1.165) is 6.42 Å². The van der Waals surface area contributed by atoms with Crippen molar-refractivity contribution in [1.82, 2.24) is 0 Å². The lowest BCUT2D eigenvalue weighted by Gasteiger charge is -2.27. The lowest BCUT2D eigenvalue weighted by molar-refractivity contribution is 1.13. The minimum atomic E-state index is 1.00. The van der Waals surface area contributed by atoms with E-state index >= 15 is 0 Å². The maximum atomic E-state index is 4.45. The fourth-order valence-electron chi connectivity index (χ4n) is 3.95. The SMILES string of the molecule is C=C1C(C)=C(c2cc(C)c(C)c(C)c2)Cc2cc(C)c(C)c(C)c21.CC. The fourth-order valence-corrected chi connectivity index (χ4v) is 3.95. The molecule has 0 unspecified atom stereocenters. The largest absolute Gasteiger partial charge is 0.0909 e. The molecular weight excluding hydrogens is 312 g/mol. The highest BCUT2D eigenvalue weighted by Crippen LogP contribution is 2.41. The van der Waals surface area contributed by atoms with E-state index in [0.29, 0.717) is 0 Å². The van der Waals surface area contributed by atoms with Gasteiger partial charge in [0.05, 0.1) is 0 Å². The maximum Gasteiger partial charge on any atom is -0.00106 e. The van der Waals surface area contributed by atoms with Gasteiger partial charge in [-0.1, -0.05) is 38.6 Å². The summed E-state index contributed by atoms with van der Waals surface area (Å²) in [7, 11) is 0. The molecule has 0 heterocycles. The number of rotatable bonds is 1. The van der Waals surface area contributed by atoms with E-state index in [4.69, 9.17) is 0 Å². The second kappa shape index (κ2) is 7.66. The average Bonchev–Trinajstić information content (AvgIpc) is 2.61. The number of benzene rings is 2. The summed E-state index contributed by atoms with van der Waals surface area (Å²) >= 11 is 0. The lowest BCUT2D eigenvalue weighted by atomic mass is 9.77. The lowest BCUT2D eigenvalue weighted by Crippen LogP contribution is -2.10. The first-order chi connectivity index (χ1) is 12.2. The van der Waals surface area contributed by atoms with Crippen LogP contribution in [0.4, 0.5) is 0 Å². The smallest absolute Gasteiger partial charge is 0.00106 e. The summed E-state index contributed by atoms with van der Waals surface area (Å²) in [6.07, 6.45) is 1.00. The first-order valence-electron chi connectivity index (χ1n) is 9.79. The topological polar surface area (TPSA) is 0 Å². The van der Waals surface area contributed by atoms with Crippen molar-refractivity contribution in [3.05, 3.63) is 80.4 Å². The molecule has 138 valence electrons. The van der Waals surface area contributed by atoms with Crippen molar-refractivity contribution in [2.75, 3.05) is 0 Å². The van der Waals surface area contributed by atoms with E-state index in [9.17, 15) is 0 Å². The molecule has 1 aliphatic rings. The van der Waals surface area contributed by atoms with Crippen LogP contribution in [0.5, 0.6) is 0 Å². The van der Waals surface area contributed by atoms with Gasteiger partial charge in [0.15, 0.2) is 0 Å². The molecule has 0 radical (unpaired) electrons. The molecule has 2 aromatic carbocycles. The van der Waals surface area contributed by atoms with Crippen molar-refractivity contribution in [3.63, 3.8) is 0 Å². The molecule has 0 amide bonds. The molecule has 26 heavy (non-hydrogen) atoms. The number of hydrogen-bond donors (Lipinski definition) is 0. The minimum absolute atomic E-state index is 1.00. The summed E-state index contributed by atoms with van der Waals surface area (Å²) in [5.74, 6) is 0. The van der Waals surface area contributed by atoms with Gasteiger partial charge in [0.1, 0.15) is 0 Å². The van der Waals surface area contributed by atoms with E-state index in [1.165, 1.54) is 66.8 Å². The van der Waals surface area contributed by atoms with Gasteiger partial charge in [0.25, 0.3) is 0 Å². The number of hydrogen-bond acceptors (Lipinski definition) is 0. The van der Waals surface area contributed by atoms with Crippen LogP contribution in [-0.2, 0) is 6.42 Å². The first kappa shape index (κ1) is 20.2. The van der Waals surface area contributed by atoms with Crippen LogP contribution in [0.25, 0.3) is 11.1 Å². The highest BCUT2D eigenvalue weighted by atomic mass is 14.3. The molecule has 0 bridgehead atoms. The minimum Gasteiger partial charge on any atom is -0.0909 e. The predicted octanol–water partition coefficient (Wildman–Crippen LogP) is 7.61. The molecule has 3 rings (SSSR count). The zero-order valence-electron chi connectivity index (χ0n) is 18.1. The number of aryl methyl sites for hydroxylation is 3. The van der Waals surface area contributed by atoms with E-state index in [2.05, 4.69) is 73.2 Å². The van der Waals surface area contributed by atoms with Gasteiger partial charge in [-0.05, 0) is 122 Å². The van der Waals surface area contributed by atoms with Crippen molar-refractivity contribution >= 4 is 11.1 Å². The molecule has 0 atom stereocenters. The molecule has 0 nitrogen and oxygen atoms in total. The molecule has 0 saturated heterocycles. The Bertz CT molecular complexity index is 881. The summed E-state index contributed by atoms with van der Waals surface area (Å²) < 4.78 is 0. The van der Waals surface area contributed by atoms with Crippen LogP contribution in [0.1, 0.15) is 70.8 Å². The van der Waals surface area contributed by atoms with Crippen LogP contribution in [-0.4, -0.2) is 0 Å². The summed E-state index contributed by atoms with van der Waals surface area (Å²) in [5, 5.41) is 0. The average molecular weight is 347 g/mol. The summed E-state index contributed by atoms with van der Waals surface area (Å²) in [4.78, 5) is 0. The van der Waals surface area contributed by atoms with Gasteiger partial charge in [0.2, 0.25) is 0 Å². The van der Waals surface area contributed by atoms with E-state index in [1.54, 1.807) is 0 Å². The van der Waals surface area contributed by atoms with Gasteiger partial charge in [-0.15, -0.1) is 0 Å². The van der Waals surface area contributed by atoms with Crippen molar-refractivity contribution in [2.24, 2.45) is 0 Å². The van der Waals surface area contributed by atoms with Gasteiger partial charge in [0, 0.05) is 0 Å². The Labute approximate surface area is 160 Å². The van der Waals surface area contributed by atoms with Crippen molar-refractivity contribution < 1.29 is 0 Å². The first-order valence-corrected chi connectivity index (χ1v) is 9.79. The fraction of sp³-hybridized carbons (Fsp3) is 0.385. The summed E-state index contributed by atoms with van der Waals surface area (Å²) in [5.41, 5.74) is 16.4. The van der Waals surface area contributed by atoms with E-state index < -0.39 is 0 Å². The molecule has 0 aliphatic heterocycles. The Kier molecular flexibility index (Phi) is 5.96. The molecular formula is C26H34. The Morgan fingerprint density at radius 1 is 0.692 bits per heavy atom. The second-order valence-corrected chi connectivity index (χ2v) is 7.47. The molecule has 2 aromatic rings.